The summed E-state index contributed by atoms with van der Waals surface area (Å²) in [5.74, 6) is 0. The Balaban J connectivity index is -0.0000000200. The Bertz CT molecular complexity index is 14.4. The fraction of sp³-hybridized carbons (Fsp3) is 0. The van der Waals surface area contributed by atoms with Crippen LogP contribution in [0.3, 0.4) is 0 Å². The van der Waals surface area contributed by atoms with Gasteiger partial charge in [-0.2, -0.15) is 0 Å². The van der Waals surface area contributed by atoms with Crippen molar-refractivity contribution in [2.45, 2.75) is 0 Å². The molecular weight excluding hydrogens is 116 g/mol. The molecule has 0 saturated heterocycles. The van der Waals surface area contributed by atoms with Gasteiger partial charge in [0.1, 0.15) is 0 Å². The molecule has 0 aliphatic rings. The van der Waals surface area contributed by atoms with Crippen LogP contribution < -0.4 is 0 Å². The quantitative estimate of drug-likeness (QED) is 0.324. The van der Waals surface area contributed by atoms with Crippen LogP contribution in [-0.4, -0.2) is 17.1 Å². The van der Waals surface area contributed by atoms with E-state index in [-0.39, 0.29) is 29.0 Å². The average Bonchev–Trinajstić information content (AvgIpc) is 0.918. The summed E-state index contributed by atoms with van der Waals surface area (Å²) in [5, 5.41) is 6.89. The van der Waals surface area contributed by atoms with Gasteiger partial charge in [0.15, 0.2) is 0 Å². The Hall–Kier alpha value is -0.0505. The predicted molar refractivity (Wildman–Crippen MR) is 12.3 cm³/mol. The van der Waals surface area contributed by atoms with Crippen molar-refractivity contribution in [1.82, 2.24) is 0 Å². The van der Waals surface area contributed by atoms with Gasteiger partial charge >= 0.3 is 0 Å². The van der Waals surface area contributed by atoms with Crippen molar-refractivity contribution in [3.63, 3.8) is 0 Å². The van der Waals surface area contributed by atoms with Gasteiger partial charge < -0.3 is 10.6 Å². The number of hydrogen-bond acceptors (Lipinski definition) is 1. The summed E-state index contributed by atoms with van der Waals surface area (Å²) >= 11 is 0. The van der Waals surface area contributed by atoms with Gasteiger partial charge in [0.05, 0.1) is 0 Å². The second-order valence-electron chi connectivity index (χ2n) is 0.105. The molecule has 0 fully saturated rings. The molecule has 0 bridgehead atoms. The van der Waals surface area contributed by atoms with E-state index in [9.17, 15) is 0 Å². The monoisotopic (exact) mass is 120 g/mol. The maximum atomic E-state index is 8.36. The summed E-state index contributed by atoms with van der Waals surface area (Å²) in [7, 11) is 0. The van der Waals surface area contributed by atoms with Crippen LogP contribution in [0.25, 0.3) is 0 Å². The molecule has 0 aromatic rings. The summed E-state index contributed by atoms with van der Waals surface area (Å²) in [6, 6.07) is 0. The molecule has 34 valence electrons. The van der Waals surface area contributed by atoms with Gasteiger partial charge in [0, 0.05) is 17.1 Å². The summed E-state index contributed by atoms with van der Waals surface area (Å²) in [6.07, 6.45) is 0. The third-order valence-corrected chi connectivity index (χ3v) is 0. The van der Waals surface area contributed by atoms with Gasteiger partial charge in [0.25, 0.3) is 6.47 Å². The molecule has 0 heterocycles. The average molecular weight is 120 g/mol. The maximum Gasteiger partial charge on any atom is 0.290 e. The molecule has 0 spiro atoms. The van der Waals surface area contributed by atoms with Crippen LogP contribution in [0.15, 0.2) is 0 Å². The molecule has 0 radical (unpaired) electrons. The second-order valence-corrected chi connectivity index (χ2v) is 0.105. The first kappa shape index (κ1) is 20.3. The summed E-state index contributed by atoms with van der Waals surface area (Å²) < 4.78 is 0. The van der Waals surface area contributed by atoms with E-state index in [0.29, 0.717) is 0 Å². The zero-order chi connectivity index (χ0) is 2.71. The van der Waals surface area contributed by atoms with Crippen molar-refractivity contribution < 1.29 is 32.4 Å². The Morgan fingerprint density at radius 3 is 1.60 bits per heavy atom. The van der Waals surface area contributed by atoms with E-state index in [4.69, 9.17) is 9.90 Å². The second kappa shape index (κ2) is 38.1. The smallest absolute Gasteiger partial charge is 0.290 e. The minimum Gasteiger partial charge on any atom is -0.483 e. The van der Waals surface area contributed by atoms with E-state index in [1.807, 2.05) is 0 Å². The number of rotatable bonds is 0. The Labute approximate surface area is 39.8 Å². The third kappa shape index (κ3) is 5880. The van der Waals surface area contributed by atoms with Crippen molar-refractivity contribution >= 4 is 6.47 Å². The molecule has 0 aliphatic heterocycles. The molecule has 0 aliphatic carbocycles. The van der Waals surface area contributed by atoms with E-state index < -0.39 is 0 Å². The first-order valence-corrected chi connectivity index (χ1v) is 0.494. The van der Waals surface area contributed by atoms with Crippen LogP contribution in [0.4, 0.5) is 0 Å². The Morgan fingerprint density at radius 1 is 1.60 bits per heavy atom. The standard InChI is InChI=1S/CH2O2.Fe.H2O/c2-1-3;;/h1H,(H,2,3);;1H2. The third-order valence-electron chi connectivity index (χ3n) is 0. The molecule has 3 nitrogen and oxygen atoms in total. The van der Waals surface area contributed by atoms with Crippen LogP contribution in [0.2, 0.25) is 0 Å². The van der Waals surface area contributed by atoms with Gasteiger partial charge in [0.2, 0.25) is 0 Å². The van der Waals surface area contributed by atoms with E-state index in [1.54, 1.807) is 0 Å². The zero-order valence-electron chi connectivity index (χ0n) is 2.29. The molecule has 3 N–H and O–H groups in total. The van der Waals surface area contributed by atoms with Crippen LogP contribution in [0.5, 0.6) is 0 Å². The fourth-order valence-corrected chi connectivity index (χ4v) is 0. The summed E-state index contributed by atoms with van der Waals surface area (Å²) in [4.78, 5) is 8.36. The van der Waals surface area contributed by atoms with E-state index >= 15 is 0 Å². The van der Waals surface area contributed by atoms with Crippen molar-refractivity contribution in [3.05, 3.63) is 0 Å². The van der Waals surface area contributed by atoms with Gasteiger partial charge in [-0.3, -0.25) is 4.79 Å². The van der Waals surface area contributed by atoms with Crippen molar-refractivity contribution in [2.75, 3.05) is 0 Å². The van der Waals surface area contributed by atoms with Crippen molar-refractivity contribution in [3.8, 4) is 0 Å². The number of hydrogen-bond donors (Lipinski definition) is 1. The molecule has 0 atom stereocenters. The molecule has 0 aromatic carbocycles. The van der Waals surface area contributed by atoms with Crippen LogP contribution in [-0.2, 0) is 21.9 Å². The first-order valence-electron chi connectivity index (χ1n) is 0.494. The summed E-state index contributed by atoms with van der Waals surface area (Å²) in [5.41, 5.74) is 0. The largest absolute Gasteiger partial charge is 0.483 e. The predicted octanol–water partition coefficient (Wildman–Crippen LogP) is -1.13. The van der Waals surface area contributed by atoms with Crippen molar-refractivity contribution in [2.24, 2.45) is 0 Å². The molecule has 5 heavy (non-hydrogen) atoms. The number of carbonyl (C=O) groups is 1. The normalized spacial score (nSPS) is 2.40. The van der Waals surface area contributed by atoms with Gasteiger partial charge in [-0.05, 0) is 0 Å². The maximum absolute atomic E-state index is 8.36. The van der Waals surface area contributed by atoms with Gasteiger partial charge in [-0.1, -0.05) is 0 Å². The van der Waals surface area contributed by atoms with Crippen LogP contribution >= 0.6 is 0 Å². The Morgan fingerprint density at radius 2 is 1.60 bits per heavy atom. The molecule has 0 aromatic heterocycles. The molecule has 0 amide bonds. The van der Waals surface area contributed by atoms with Crippen molar-refractivity contribution in [1.29, 1.82) is 0 Å². The van der Waals surface area contributed by atoms with Gasteiger partial charge in [-0.25, -0.2) is 0 Å². The molecule has 0 rings (SSSR count). The fourth-order valence-electron chi connectivity index (χ4n) is 0. The first-order chi connectivity index (χ1) is 1.41. The number of carboxylic acid groups (broad SMARTS) is 1. The molecule has 4 heteroatoms. The minimum absolute atomic E-state index is 0. The van der Waals surface area contributed by atoms with Gasteiger partial charge in [-0.15, -0.1) is 0 Å². The molecular formula is CH4FeO3. The van der Waals surface area contributed by atoms with Crippen LogP contribution in [0.1, 0.15) is 0 Å². The molecule has 0 saturated carbocycles. The SMILES string of the molecule is O.O=CO.[Fe]. The topological polar surface area (TPSA) is 68.8 Å². The van der Waals surface area contributed by atoms with E-state index in [1.165, 1.54) is 0 Å². The van der Waals surface area contributed by atoms with E-state index in [0.717, 1.165) is 0 Å². The molecule has 0 unspecified atom stereocenters. The Kier molecular flexibility index (Phi) is 155. The zero-order valence-corrected chi connectivity index (χ0v) is 3.39. The van der Waals surface area contributed by atoms with E-state index in [2.05, 4.69) is 0 Å². The minimum atomic E-state index is -0.250. The summed E-state index contributed by atoms with van der Waals surface area (Å²) in [6.45, 7) is -0.250. The van der Waals surface area contributed by atoms with Crippen LogP contribution in [0, 0.1) is 0 Å².